The summed E-state index contributed by atoms with van der Waals surface area (Å²) >= 11 is 0. The van der Waals surface area contributed by atoms with Gasteiger partial charge in [-0.05, 0) is 55.5 Å². The zero-order valence-electron chi connectivity index (χ0n) is 19.0. The van der Waals surface area contributed by atoms with Gasteiger partial charge in [-0.15, -0.1) is 0 Å². The molecule has 0 spiro atoms. The Balaban J connectivity index is 1.88. The van der Waals surface area contributed by atoms with Gasteiger partial charge in [-0.3, -0.25) is 0 Å². The number of ether oxygens (including phenoxy) is 1. The van der Waals surface area contributed by atoms with E-state index in [2.05, 4.69) is 54.7 Å². The molecular formula is C26H29N3O2. The highest BCUT2D eigenvalue weighted by atomic mass is 16.6. The maximum absolute atomic E-state index is 12.7. The van der Waals surface area contributed by atoms with E-state index in [0.29, 0.717) is 5.52 Å². The quantitative estimate of drug-likeness (QED) is 0.372. The van der Waals surface area contributed by atoms with Crippen LogP contribution in [0.15, 0.2) is 67.1 Å². The van der Waals surface area contributed by atoms with Gasteiger partial charge in [-0.25, -0.2) is 4.79 Å². The third kappa shape index (κ3) is 4.13. The van der Waals surface area contributed by atoms with E-state index in [9.17, 15) is 4.79 Å². The van der Waals surface area contributed by atoms with Crippen LogP contribution in [-0.4, -0.2) is 26.0 Å². The molecule has 0 aliphatic rings. The van der Waals surface area contributed by atoms with Crippen molar-refractivity contribution in [3.8, 4) is 16.8 Å². The first-order valence-corrected chi connectivity index (χ1v) is 10.5. The minimum Gasteiger partial charge on any atom is -0.442 e. The average Bonchev–Trinajstić information content (AvgIpc) is 3.35. The van der Waals surface area contributed by atoms with Crippen molar-refractivity contribution >= 4 is 17.0 Å². The molecular weight excluding hydrogens is 386 g/mol. The molecule has 5 heteroatoms. The van der Waals surface area contributed by atoms with Crippen LogP contribution >= 0.6 is 0 Å². The Bertz CT molecular complexity index is 1220. The molecule has 31 heavy (non-hydrogen) atoms. The number of aromatic nitrogens is 3. The summed E-state index contributed by atoms with van der Waals surface area (Å²) in [7, 11) is 0. The average molecular weight is 416 g/mol. The highest BCUT2D eigenvalue weighted by Gasteiger charge is 2.22. The molecule has 0 saturated carbocycles. The number of carbonyl (C=O) groups is 1. The topological polar surface area (TPSA) is 49.1 Å². The van der Waals surface area contributed by atoms with Gasteiger partial charge in [0.1, 0.15) is 5.60 Å². The maximum atomic E-state index is 12.7. The Hall–Kier alpha value is -3.34. The van der Waals surface area contributed by atoms with E-state index in [4.69, 9.17) is 4.74 Å². The number of hydrogen-bond acceptors (Lipinski definition) is 3. The molecule has 0 unspecified atom stereocenters. The summed E-state index contributed by atoms with van der Waals surface area (Å²) in [5, 5.41) is 5.25. The van der Waals surface area contributed by atoms with E-state index in [-0.39, 0.29) is 5.41 Å². The zero-order valence-corrected chi connectivity index (χ0v) is 19.0. The lowest BCUT2D eigenvalue weighted by atomic mass is 9.86. The summed E-state index contributed by atoms with van der Waals surface area (Å²) in [5.74, 6) is 0. The van der Waals surface area contributed by atoms with Crippen LogP contribution in [0.5, 0.6) is 0 Å². The largest absolute Gasteiger partial charge is 0.442 e. The third-order valence-electron chi connectivity index (χ3n) is 5.22. The molecule has 0 aliphatic heterocycles. The van der Waals surface area contributed by atoms with Gasteiger partial charge in [0.2, 0.25) is 0 Å². The molecule has 0 aliphatic carbocycles. The van der Waals surface area contributed by atoms with Crippen molar-refractivity contribution < 1.29 is 9.53 Å². The molecule has 4 aromatic rings. The van der Waals surface area contributed by atoms with Crippen LogP contribution in [-0.2, 0) is 10.2 Å². The number of benzene rings is 2. The summed E-state index contributed by atoms with van der Waals surface area (Å²) in [6, 6.07) is 16.7. The summed E-state index contributed by atoms with van der Waals surface area (Å²) in [6.07, 6.45) is 5.27. The monoisotopic (exact) mass is 415 g/mol. The SMILES string of the molecule is CC(C)(C)OC(=O)n1ncc2c(-n3cccc3)c(-c3ccc(C(C)(C)C)cc3)ccc21. The van der Waals surface area contributed by atoms with E-state index < -0.39 is 11.7 Å². The number of fused-ring (bicyclic) bond motifs is 1. The van der Waals surface area contributed by atoms with Gasteiger partial charge in [-0.2, -0.15) is 9.78 Å². The standard InChI is InChI=1S/C26H29N3O2/c1-25(2,3)19-11-9-18(10-12-19)20-13-14-22-21(23(20)28-15-7-8-16-28)17-27-29(22)24(30)31-26(4,5)6/h7-17H,1-6H3. The van der Waals surface area contributed by atoms with Crippen molar-refractivity contribution in [1.82, 2.24) is 14.3 Å². The molecule has 2 aromatic heterocycles. The Morgan fingerprint density at radius 2 is 1.55 bits per heavy atom. The second-order valence-electron chi connectivity index (χ2n) is 9.85. The molecule has 0 N–H and O–H groups in total. The number of carbonyl (C=O) groups excluding carboxylic acids is 1. The smallest absolute Gasteiger partial charge is 0.435 e. The normalized spacial score (nSPS) is 12.3. The molecule has 0 fully saturated rings. The summed E-state index contributed by atoms with van der Waals surface area (Å²) in [6.45, 7) is 12.2. The van der Waals surface area contributed by atoms with Crippen molar-refractivity contribution in [3.63, 3.8) is 0 Å². The highest BCUT2D eigenvalue weighted by Crippen LogP contribution is 2.35. The number of nitrogens with zero attached hydrogens (tertiary/aromatic N) is 3. The van der Waals surface area contributed by atoms with E-state index in [1.165, 1.54) is 10.2 Å². The van der Waals surface area contributed by atoms with Gasteiger partial charge >= 0.3 is 6.09 Å². The van der Waals surface area contributed by atoms with Crippen LogP contribution in [0.3, 0.4) is 0 Å². The number of rotatable bonds is 2. The zero-order chi connectivity index (χ0) is 22.4. The van der Waals surface area contributed by atoms with Crippen LogP contribution in [0, 0.1) is 0 Å². The van der Waals surface area contributed by atoms with Crippen molar-refractivity contribution in [2.75, 3.05) is 0 Å². The van der Waals surface area contributed by atoms with Crippen LogP contribution in [0.1, 0.15) is 47.1 Å². The third-order valence-corrected chi connectivity index (χ3v) is 5.22. The van der Waals surface area contributed by atoms with Crippen molar-refractivity contribution in [1.29, 1.82) is 0 Å². The van der Waals surface area contributed by atoms with Crippen molar-refractivity contribution in [2.45, 2.75) is 52.6 Å². The predicted molar refractivity (Wildman–Crippen MR) is 125 cm³/mol. The van der Waals surface area contributed by atoms with Gasteiger partial charge in [0.25, 0.3) is 0 Å². The molecule has 5 nitrogen and oxygen atoms in total. The molecule has 0 radical (unpaired) electrons. The molecule has 4 rings (SSSR count). The van der Waals surface area contributed by atoms with Gasteiger partial charge in [-0.1, -0.05) is 51.1 Å². The van der Waals surface area contributed by atoms with Crippen LogP contribution < -0.4 is 0 Å². The fourth-order valence-electron chi connectivity index (χ4n) is 3.68. The summed E-state index contributed by atoms with van der Waals surface area (Å²) in [4.78, 5) is 12.7. The van der Waals surface area contributed by atoms with E-state index in [1.54, 1.807) is 6.20 Å². The second kappa shape index (κ2) is 7.41. The number of hydrogen-bond donors (Lipinski definition) is 0. The minimum atomic E-state index is -0.590. The summed E-state index contributed by atoms with van der Waals surface area (Å²) < 4.78 is 8.93. The molecule has 160 valence electrons. The highest BCUT2D eigenvalue weighted by molar-refractivity contribution is 5.98. The first-order valence-electron chi connectivity index (χ1n) is 10.5. The van der Waals surface area contributed by atoms with Crippen molar-refractivity contribution in [3.05, 3.63) is 72.7 Å². The van der Waals surface area contributed by atoms with Crippen LogP contribution in [0.2, 0.25) is 0 Å². The van der Waals surface area contributed by atoms with E-state index >= 15 is 0 Å². The van der Waals surface area contributed by atoms with Gasteiger partial charge in [0.05, 0.1) is 17.4 Å². The molecule has 0 saturated heterocycles. The maximum Gasteiger partial charge on any atom is 0.435 e. The lowest BCUT2D eigenvalue weighted by molar-refractivity contribution is 0.0522. The Kier molecular flexibility index (Phi) is 5.00. The first-order chi connectivity index (χ1) is 14.5. The Labute approximate surface area is 183 Å². The van der Waals surface area contributed by atoms with E-state index in [1.807, 2.05) is 57.4 Å². The predicted octanol–water partition coefficient (Wildman–Crippen LogP) is 6.57. The van der Waals surface area contributed by atoms with Crippen LogP contribution in [0.25, 0.3) is 27.7 Å². The first kappa shape index (κ1) is 20.9. The molecule has 0 bridgehead atoms. The fourth-order valence-corrected chi connectivity index (χ4v) is 3.68. The molecule has 0 atom stereocenters. The van der Waals surface area contributed by atoms with Gasteiger partial charge in [0, 0.05) is 23.3 Å². The molecule has 2 aromatic carbocycles. The Morgan fingerprint density at radius 1 is 0.903 bits per heavy atom. The summed E-state index contributed by atoms with van der Waals surface area (Å²) in [5.41, 5.74) is 4.69. The fraction of sp³-hybridized carbons (Fsp3) is 0.308. The van der Waals surface area contributed by atoms with Gasteiger partial charge in [0.15, 0.2) is 0 Å². The Morgan fingerprint density at radius 3 is 2.13 bits per heavy atom. The van der Waals surface area contributed by atoms with Gasteiger partial charge < -0.3 is 9.30 Å². The lowest BCUT2D eigenvalue weighted by Gasteiger charge is -2.20. The van der Waals surface area contributed by atoms with E-state index in [0.717, 1.165) is 22.2 Å². The minimum absolute atomic E-state index is 0.0975. The molecule has 2 heterocycles. The van der Waals surface area contributed by atoms with Crippen LogP contribution in [0.4, 0.5) is 4.79 Å². The second-order valence-corrected chi connectivity index (χ2v) is 9.85. The molecule has 0 amide bonds. The van der Waals surface area contributed by atoms with Crippen molar-refractivity contribution in [2.24, 2.45) is 0 Å². The lowest BCUT2D eigenvalue weighted by Crippen LogP contribution is -2.27.